The number of amides is 1. The maximum Gasteiger partial charge on any atom is 0.236 e. The van der Waals surface area contributed by atoms with Crippen LogP contribution in [0, 0.1) is 11.3 Å². The monoisotopic (exact) mass is 195 g/mol. The largest absolute Gasteiger partial charge is 0.342 e. The van der Waals surface area contributed by atoms with Gasteiger partial charge in [0.05, 0.1) is 19.2 Å². The maximum atomic E-state index is 11.7. The van der Waals surface area contributed by atoms with Gasteiger partial charge in [0, 0.05) is 13.1 Å². The summed E-state index contributed by atoms with van der Waals surface area (Å²) in [6.45, 7) is 5.24. The van der Waals surface area contributed by atoms with E-state index in [4.69, 9.17) is 5.26 Å². The minimum absolute atomic E-state index is 0.166. The summed E-state index contributed by atoms with van der Waals surface area (Å²) in [6, 6.07) is 2.07. The van der Waals surface area contributed by atoms with Gasteiger partial charge in [0.15, 0.2) is 0 Å². The molecular weight excluding hydrogens is 178 g/mol. The lowest BCUT2D eigenvalue weighted by atomic mass is 10.4. The average molecular weight is 195 g/mol. The van der Waals surface area contributed by atoms with Crippen molar-refractivity contribution in [2.75, 3.05) is 32.7 Å². The number of carbonyl (C=O) groups excluding carboxylic acids is 1. The predicted molar refractivity (Wildman–Crippen MR) is 53.5 cm³/mol. The van der Waals surface area contributed by atoms with Crippen molar-refractivity contribution in [2.24, 2.45) is 0 Å². The molecule has 0 atom stereocenters. The number of nitriles is 1. The molecule has 4 nitrogen and oxygen atoms in total. The number of likely N-dealkylation sites (N-methyl/N-ethyl adjacent to an activating group) is 1. The molecule has 0 N–H and O–H groups in total. The first-order valence-electron chi connectivity index (χ1n) is 5.15. The molecule has 1 fully saturated rings. The van der Waals surface area contributed by atoms with Crippen LogP contribution >= 0.6 is 0 Å². The highest BCUT2D eigenvalue weighted by molar-refractivity contribution is 5.78. The lowest BCUT2D eigenvalue weighted by molar-refractivity contribution is -0.131. The van der Waals surface area contributed by atoms with E-state index in [1.54, 1.807) is 0 Å². The molecule has 78 valence electrons. The van der Waals surface area contributed by atoms with Gasteiger partial charge in [-0.25, -0.2) is 0 Å². The molecule has 0 radical (unpaired) electrons. The van der Waals surface area contributed by atoms with Crippen molar-refractivity contribution in [2.45, 2.75) is 19.8 Å². The molecule has 0 aliphatic carbocycles. The Balaban J connectivity index is 2.34. The van der Waals surface area contributed by atoms with Gasteiger partial charge < -0.3 is 4.90 Å². The zero-order valence-electron chi connectivity index (χ0n) is 8.70. The average Bonchev–Trinajstić information content (AvgIpc) is 2.69. The number of hydrogen-bond donors (Lipinski definition) is 0. The number of nitrogens with zero attached hydrogens (tertiary/aromatic N) is 3. The minimum Gasteiger partial charge on any atom is -0.342 e. The van der Waals surface area contributed by atoms with E-state index in [1.165, 1.54) is 0 Å². The van der Waals surface area contributed by atoms with Crippen LogP contribution in [0.1, 0.15) is 19.8 Å². The second-order valence-electron chi connectivity index (χ2n) is 3.55. The molecule has 14 heavy (non-hydrogen) atoms. The Morgan fingerprint density at radius 2 is 2.14 bits per heavy atom. The van der Waals surface area contributed by atoms with Gasteiger partial charge in [0.2, 0.25) is 5.91 Å². The van der Waals surface area contributed by atoms with E-state index < -0.39 is 0 Å². The Labute approximate surface area is 85.1 Å². The summed E-state index contributed by atoms with van der Waals surface area (Å²) in [5, 5.41) is 8.53. The van der Waals surface area contributed by atoms with Gasteiger partial charge in [-0.15, -0.1) is 0 Å². The smallest absolute Gasteiger partial charge is 0.236 e. The number of carbonyl (C=O) groups is 1. The summed E-state index contributed by atoms with van der Waals surface area (Å²) in [5.74, 6) is 0.166. The predicted octanol–water partition coefficient (Wildman–Crippen LogP) is 0.454. The summed E-state index contributed by atoms with van der Waals surface area (Å²) in [7, 11) is 0. The fourth-order valence-electron chi connectivity index (χ4n) is 1.64. The van der Waals surface area contributed by atoms with Crippen LogP contribution in [0.2, 0.25) is 0 Å². The highest BCUT2D eigenvalue weighted by Gasteiger charge is 2.19. The van der Waals surface area contributed by atoms with Crippen molar-refractivity contribution >= 4 is 5.91 Å². The van der Waals surface area contributed by atoms with E-state index in [2.05, 4.69) is 6.07 Å². The molecule has 4 heteroatoms. The van der Waals surface area contributed by atoms with Crippen molar-refractivity contribution in [1.29, 1.82) is 5.26 Å². The first-order valence-corrected chi connectivity index (χ1v) is 5.15. The van der Waals surface area contributed by atoms with Crippen LogP contribution in [0.5, 0.6) is 0 Å². The van der Waals surface area contributed by atoms with E-state index in [0.29, 0.717) is 13.1 Å². The van der Waals surface area contributed by atoms with E-state index in [-0.39, 0.29) is 5.91 Å². The van der Waals surface area contributed by atoms with Crippen molar-refractivity contribution < 1.29 is 4.79 Å². The number of rotatable bonds is 4. The van der Waals surface area contributed by atoms with E-state index in [9.17, 15) is 4.79 Å². The van der Waals surface area contributed by atoms with Crippen LogP contribution in [0.3, 0.4) is 0 Å². The topological polar surface area (TPSA) is 47.3 Å². The van der Waals surface area contributed by atoms with Crippen LogP contribution < -0.4 is 0 Å². The van der Waals surface area contributed by atoms with Crippen molar-refractivity contribution in [1.82, 2.24) is 9.80 Å². The molecule has 1 saturated heterocycles. The summed E-state index contributed by atoms with van der Waals surface area (Å²) in [5.41, 5.74) is 0. The molecule has 1 aliphatic heterocycles. The van der Waals surface area contributed by atoms with Crippen molar-refractivity contribution in [3.63, 3.8) is 0 Å². The Kier molecular flexibility index (Phi) is 4.41. The Morgan fingerprint density at radius 1 is 1.50 bits per heavy atom. The third-order valence-electron chi connectivity index (χ3n) is 2.56. The molecule has 1 amide bonds. The first-order chi connectivity index (χ1) is 6.77. The van der Waals surface area contributed by atoms with E-state index in [1.807, 2.05) is 16.7 Å². The Hall–Kier alpha value is -1.08. The van der Waals surface area contributed by atoms with Gasteiger partial charge in [-0.3, -0.25) is 9.69 Å². The molecule has 1 heterocycles. The summed E-state index contributed by atoms with van der Waals surface area (Å²) in [4.78, 5) is 15.4. The fraction of sp³-hybridized carbons (Fsp3) is 0.800. The molecule has 0 bridgehead atoms. The summed E-state index contributed by atoms with van der Waals surface area (Å²) >= 11 is 0. The second-order valence-corrected chi connectivity index (χ2v) is 3.55. The van der Waals surface area contributed by atoms with Gasteiger partial charge in [-0.1, -0.05) is 6.92 Å². The van der Waals surface area contributed by atoms with Crippen molar-refractivity contribution in [3.05, 3.63) is 0 Å². The molecule has 0 unspecified atom stereocenters. The van der Waals surface area contributed by atoms with Crippen LogP contribution in [0.25, 0.3) is 0 Å². The standard InChI is InChI=1S/C10H17N3O/c1-2-12(8-5-11)9-10(14)13-6-3-4-7-13/h2-4,6-9H2,1H3. The van der Waals surface area contributed by atoms with Gasteiger partial charge in [0.25, 0.3) is 0 Å². The van der Waals surface area contributed by atoms with Crippen LogP contribution in [-0.2, 0) is 4.79 Å². The van der Waals surface area contributed by atoms with Crippen molar-refractivity contribution in [3.8, 4) is 6.07 Å². The molecule has 0 saturated carbocycles. The highest BCUT2D eigenvalue weighted by atomic mass is 16.2. The molecule has 1 rings (SSSR count). The molecule has 0 aromatic rings. The van der Waals surface area contributed by atoms with Crippen LogP contribution in [-0.4, -0.2) is 48.4 Å². The zero-order valence-corrected chi connectivity index (χ0v) is 8.70. The quantitative estimate of drug-likeness (QED) is 0.612. The molecular formula is C10H17N3O. The third kappa shape index (κ3) is 3.00. The van der Waals surface area contributed by atoms with Gasteiger partial charge in [-0.2, -0.15) is 5.26 Å². The number of likely N-dealkylation sites (tertiary alicyclic amines) is 1. The Bertz CT molecular complexity index is 228. The Morgan fingerprint density at radius 3 is 2.64 bits per heavy atom. The van der Waals surface area contributed by atoms with E-state index in [0.717, 1.165) is 32.5 Å². The zero-order chi connectivity index (χ0) is 10.4. The van der Waals surface area contributed by atoms with Crippen LogP contribution in [0.4, 0.5) is 0 Å². The summed E-state index contributed by atoms with van der Waals surface area (Å²) in [6.07, 6.45) is 2.24. The summed E-state index contributed by atoms with van der Waals surface area (Å²) < 4.78 is 0. The maximum absolute atomic E-state index is 11.7. The van der Waals surface area contributed by atoms with Gasteiger partial charge >= 0.3 is 0 Å². The molecule has 1 aliphatic rings. The third-order valence-corrected chi connectivity index (χ3v) is 2.56. The van der Waals surface area contributed by atoms with Gasteiger partial charge in [-0.05, 0) is 19.4 Å². The minimum atomic E-state index is 0.166. The second kappa shape index (κ2) is 5.61. The normalized spacial score (nSPS) is 15.9. The molecule has 0 aromatic heterocycles. The SMILES string of the molecule is CCN(CC#N)CC(=O)N1CCCC1. The highest BCUT2D eigenvalue weighted by Crippen LogP contribution is 2.07. The molecule has 0 aromatic carbocycles. The first kappa shape index (κ1) is 11.0. The fourth-order valence-corrected chi connectivity index (χ4v) is 1.64. The number of hydrogen-bond acceptors (Lipinski definition) is 3. The lowest BCUT2D eigenvalue weighted by Gasteiger charge is -2.21. The lowest BCUT2D eigenvalue weighted by Crippen LogP contribution is -2.39. The van der Waals surface area contributed by atoms with E-state index >= 15 is 0 Å². The van der Waals surface area contributed by atoms with Gasteiger partial charge in [0.1, 0.15) is 0 Å². The van der Waals surface area contributed by atoms with Crippen LogP contribution in [0.15, 0.2) is 0 Å². The molecule has 0 spiro atoms.